The van der Waals surface area contributed by atoms with E-state index in [-0.39, 0.29) is 25.7 Å². The number of aliphatic hydroxyl groups excluding tert-OH is 1. The van der Waals surface area contributed by atoms with E-state index in [9.17, 15) is 43.2 Å². The molecule has 0 aliphatic heterocycles. The third kappa shape index (κ3) is 72.8. The molecule has 588 valence electrons. The first-order valence-electron chi connectivity index (χ1n) is 41.4. The zero-order valence-electron chi connectivity index (χ0n) is 65.0. The van der Waals surface area contributed by atoms with Crippen LogP contribution < -0.4 is 0 Å². The first kappa shape index (κ1) is 97.1. The SMILES string of the molecule is CCCCCCCCCCCCCCCCCC(=O)OC[C@H](COP(=O)(O)OC[C@@H](O)COP(=O)(O)OC[C@@H](COC(=O)CCCCCCCCC(C)CC)OC(=O)CCCCCCCCCCCCC(C)C)OC(=O)CCCCCCCCCCCCCCCCCCCCC(C)C. The molecule has 0 aliphatic carbocycles. The molecule has 0 aliphatic rings. The summed E-state index contributed by atoms with van der Waals surface area (Å²) in [5.41, 5.74) is 0. The summed E-state index contributed by atoms with van der Waals surface area (Å²) in [5, 5.41) is 10.6. The van der Waals surface area contributed by atoms with Crippen LogP contribution in [-0.2, 0) is 65.4 Å². The van der Waals surface area contributed by atoms with E-state index in [0.29, 0.717) is 25.7 Å². The molecule has 19 heteroatoms. The summed E-state index contributed by atoms with van der Waals surface area (Å²) in [5.74, 6) is 0.190. The number of phosphoric ester groups is 2. The van der Waals surface area contributed by atoms with Gasteiger partial charge in [0.2, 0.25) is 0 Å². The number of aliphatic hydroxyl groups is 1. The second-order valence-electron chi connectivity index (χ2n) is 30.0. The molecule has 0 spiro atoms. The predicted molar refractivity (Wildman–Crippen MR) is 405 cm³/mol. The lowest BCUT2D eigenvalue weighted by Gasteiger charge is -2.21. The van der Waals surface area contributed by atoms with Gasteiger partial charge in [-0.05, 0) is 43.4 Å². The number of hydrogen-bond acceptors (Lipinski definition) is 15. The van der Waals surface area contributed by atoms with Gasteiger partial charge < -0.3 is 33.8 Å². The lowest BCUT2D eigenvalue weighted by molar-refractivity contribution is -0.161. The second-order valence-corrected chi connectivity index (χ2v) is 32.9. The molecule has 0 aromatic carbocycles. The first-order valence-corrected chi connectivity index (χ1v) is 44.4. The third-order valence-corrected chi connectivity index (χ3v) is 20.9. The van der Waals surface area contributed by atoms with Crippen molar-refractivity contribution in [3.05, 3.63) is 0 Å². The fraction of sp³-hybridized carbons (Fsp3) is 0.950. The molecular formula is C80H156O17P2. The molecule has 0 saturated carbocycles. The number of phosphoric acid groups is 2. The maximum atomic E-state index is 13.1. The standard InChI is InChI=1S/C80H156O17P2/c1-8-10-11-12-13-14-15-16-21-25-28-34-39-47-54-61-77(82)90-67-75(96-79(84)63-56-49-40-35-29-26-23-20-18-17-19-22-24-27-32-37-44-51-58-71(3)4)69-94-98(86,87)92-65-74(81)66-93-99(88,89)95-70-76(68-91-78(83)62-55-48-43-42-46-53-60-73(7)9-2)97-80(85)64-57-50-41-36-31-30-33-38-45-52-59-72(5)6/h71-76,81H,8-70H2,1-7H3,(H,86,87)(H,88,89)/t73?,74-,75-,76-/m1/s1. The van der Waals surface area contributed by atoms with Crippen molar-refractivity contribution in [2.45, 2.75) is 433 Å². The van der Waals surface area contributed by atoms with E-state index in [1.165, 1.54) is 218 Å². The van der Waals surface area contributed by atoms with Gasteiger partial charge in [-0.2, -0.15) is 0 Å². The van der Waals surface area contributed by atoms with Crippen LogP contribution in [0.2, 0.25) is 0 Å². The van der Waals surface area contributed by atoms with Crippen molar-refractivity contribution in [2.24, 2.45) is 17.8 Å². The lowest BCUT2D eigenvalue weighted by Crippen LogP contribution is -2.30. The highest BCUT2D eigenvalue weighted by Gasteiger charge is 2.30. The number of esters is 4. The smallest absolute Gasteiger partial charge is 0.462 e. The van der Waals surface area contributed by atoms with Crippen molar-refractivity contribution in [1.29, 1.82) is 0 Å². The van der Waals surface area contributed by atoms with E-state index in [1.54, 1.807) is 0 Å². The minimum absolute atomic E-state index is 0.105. The van der Waals surface area contributed by atoms with Gasteiger partial charge >= 0.3 is 39.5 Å². The molecule has 3 N–H and O–H groups in total. The van der Waals surface area contributed by atoms with E-state index >= 15 is 0 Å². The number of carbonyl (C=O) groups excluding carboxylic acids is 4. The quantitative estimate of drug-likeness (QED) is 0.0222. The Hall–Kier alpha value is -1.94. The van der Waals surface area contributed by atoms with E-state index in [0.717, 1.165) is 114 Å². The number of unbranched alkanes of at least 4 members (excludes halogenated alkanes) is 45. The van der Waals surface area contributed by atoms with Crippen molar-refractivity contribution in [2.75, 3.05) is 39.6 Å². The Labute approximate surface area is 607 Å². The minimum atomic E-state index is -4.96. The zero-order valence-corrected chi connectivity index (χ0v) is 66.8. The normalized spacial score (nSPS) is 14.3. The van der Waals surface area contributed by atoms with E-state index in [4.69, 9.17) is 37.0 Å². The Bertz CT molecular complexity index is 1920. The summed E-state index contributed by atoms with van der Waals surface area (Å²) in [6, 6.07) is 0. The van der Waals surface area contributed by atoms with Crippen LogP contribution in [0.1, 0.15) is 414 Å². The summed E-state index contributed by atoms with van der Waals surface area (Å²) in [4.78, 5) is 73.0. The predicted octanol–water partition coefficient (Wildman–Crippen LogP) is 23.7. The zero-order chi connectivity index (χ0) is 73.0. The molecule has 99 heavy (non-hydrogen) atoms. The van der Waals surface area contributed by atoms with Crippen molar-refractivity contribution >= 4 is 39.5 Å². The largest absolute Gasteiger partial charge is 0.472 e. The second kappa shape index (κ2) is 70.4. The topological polar surface area (TPSA) is 237 Å². The molecule has 0 heterocycles. The Morgan fingerprint density at radius 1 is 0.293 bits per heavy atom. The fourth-order valence-corrected chi connectivity index (χ4v) is 13.9. The maximum absolute atomic E-state index is 13.1. The van der Waals surface area contributed by atoms with Gasteiger partial charge in [-0.15, -0.1) is 0 Å². The molecule has 0 fully saturated rings. The molecule has 0 saturated heterocycles. The summed E-state index contributed by atoms with van der Waals surface area (Å²) >= 11 is 0. The number of carbonyl (C=O) groups is 4. The molecule has 0 bridgehead atoms. The van der Waals surface area contributed by atoms with Crippen LogP contribution in [0.3, 0.4) is 0 Å². The highest BCUT2D eigenvalue weighted by molar-refractivity contribution is 7.47. The van der Waals surface area contributed by atoms with Crippen LogP contribution in [0.5, 0.6) is 0 Å². The van der Waals surface area contributed by atoms with Gasteiger partial charge in [0.1, 0.15) is 19.3 Å². The summed E-state index contributed by atoms with van der Waals surface area (Å²) in [7, 11) is -9.92. The molecule has 3 unspecified atom stereocenters. The van der Waals surface area contributed by atoms with Gasteiger partial charge in [-0.25, -0.2) is 9.13 Å². The Balaban J connectivity index is 5.22. The van der Waals surface area contributed by atoms with Crippen molar-refractivity contribution in [1.82, 2.24) is 0 Å². The van der Waals surface area contributed by atoms with Crippen molar-refractivity contribution in [3.8, 4) is 0 Å². The van der Waals surface area contributed by atoms with E-state index in [2.05, 4.69) is 48.5 Å². The van der Waals surface area contributed by atoms with Crippen molar-refractivity contribution in [3.63, 3.8) is 0 Å². The minimum Gasteiger partial charge on any atom is -0.462 e. The lowest BCUT2D eigenvalue weighted by atomic mass is 10.00. The summed E-state index contributed by atoms with van der Waals surface area (Å²) < 4.78 is 68.7. The van der Waals surface area contributed by atoms with Crippen LogP contribution in [0, 0.1) is 17.8 Å². The Morgan fingerprint density at radius 3 is 0.768 bits per heavy atom. The molecule has 6 atom stereocenters. The maximum Gasteiger partial charge on any atom is 0.472 e. The molecule has 17 nitrogen and oxygen atoms in total. The molecule has 0 amide bonds. The van der Waals surface area contributed by atoms with E-state index in [1.807, 2.05) is 0 Å². The van der Waals surface area contributed by atoms with Crippen LogP contribution in [0.25, 0.3) is 0 Å². The highest BCUT2D eigenvalue weighted by atomic mass is 31.2. The summed E-state index contributed by atoms with van der Waals surface area (Å²) in [6.45, 7) is 11.9. The highest BCUT2D eigenvalue weighted by Crippen LogP contribution is 2.45. The molecule has 0 aromatic heterocycles. The number of rotatable bonds is 78. The van der Waals surface area contributed by atoms with Gasteiger partial charge in [-0.1, -0.05) is 363 Å². The third-order valence-electron chi connectivity index (χ3n) is 19.0. The van der Waals surface area contributed by atoms with Crippen LogP contribution >= 0.6 is 15.6 Å². The Kier molecular flexibility index (Phi) is 69.0. The number of hydrogen-bond donors (Lipinski definition) is 3. The average molecular weight is 1450 g/mol. The summed E-state index contributed by atoms with van der Waals surface area (Å²) in [6.07, 6.45) is 58.3. The fourth-order valence-electron chi connectivity index (χ4n) is 12.3. The number of ether oxygens (including phenoxy) is 4. The van der Waals surface area contributed by atoms with Crippen molar-refractivity contribution < 1.29 is 80.2 Å². The molecule has 0 radical (unpaired) electrons. The van der Waals surface area contributed by atoms with Gasteiger partial charge in [0, 0.05) is 25.7 Å². The van der Waals surface area contributed by atoms with Gasteiger partial charge in [0.15, 0.2) is 12.2 Å². The molecule has 0 rings (SSSR count). The molecule has 0 aromatic rings. The van der Waals surface area contributed by atoms with Crippen LogP contribution in [0.4, 0.5) is 0 Å². The monoisotopic (exact) mass is 1450 g/mol. The molecular weight excluding hydrogens is 1290 g/mol. The first-order chi connectivity index (χ1) is 47.8. The Morgan fingerprint density at radius 2 is 0.515 bits per heavy atom. The van der Waals surface area contributed by atoms with Gasteiger partial charge in [0.05, 0.1) is 26.4 Å². The van der Waals surface area contributed by atoms with Gasteiger partial charge in [0.25, 0.3) is 0 Å². The van der Waals surface area contributed by atoms with Gasteiger partial charge in [-0.3, -0.25) is 37.3 Å². The average Bonchev–Trinajstić information content (AvgIpc) is 1.00. The van der Waals surface area contributed by atoms with Crippen LogP contribution in [-0.4, -0.2) is 96.7 Å². The van der Waals surface area contributed by atoms with Crippen LogP contribution in [0.15, 0.2) is 0 Å². The van der Waals surface area contributed by atoms with E-state index < -0.39 is 97.5 Å².